The number of anilines is 1. The Hall–Kier alpha value is -1.16. The molecule has 1 aliphatic rings. The number of methoxy groups -OCH3 is 1. The van der Waals surface area contributed by atoms with E-state index in [4.69, 9.17) is 0 Å². The van der Waals surface area contributed by atoms with E-state index in [1.54, 1.807) is 0 Å². The van der Waals surface area contributed by atoms with Crippen LogP contribution in [0.4, 0.5) is 5.69 Å². The van der Waals surface area contributed by atoms with Gasteiger partial charge in [0.15, 0.2) is 0 Å². The van der Waals surface area contributed by atoms with Crippen molar-refractivity contribution in [1.29, 1.82) is 0 Å². The van der Waals surface area contributed by atoms with Gasteiger partial charge in [0.05, 0.1) is 7.11 Å². The van der Waals surface area contributed by atoms with Gasteiger partial charge in [-0.2, -0.15) is 0 Å². The Bertz CT molecular complexity index is 420. The molecule has 1 aromatic carbocycles. The average Bonchev–Trinajstić information content (AvgIpc) is 2.43. The van der Waals surface area contributed by atoms with Crippen molar-refractivity contribution in [2.75, 3.05) is 24.7 Å². The fourth-order valence-corrected chi connectivity index (χ4v) is 3.06. The minimum Gasteiger partial charge on any atom is -0.469 e. The lowest BCUT2D eigenvalue weighted by atomic mass is 10.1. The monoisotopic (exact) mass is 265 g/mol. The normalized spacial score (nSPS) is 13.8. The van der Waals surface area contributed by atoms with E-state index in [1.165, 1.54) is 36.2 Å². The zero-order valence-electron chi connectivity index (χ0n) is 10.7. The van der Waals surface area contributed by atoms with E-state index in [0.29, 0.717) is 6.42 Å². The number of fused-ring (bicyclic) bond motifs is 1. The Labute approximate surface area is 112 Å². The summed E-state index contributed by atoms with van der Waals surface area (Å²) in [6, 6.07) is 6.55. The number of aryl methyl sites for hydroxylation is 1. The van der Waals surface area contributed by atoms with Gasteiger partial charge in [-0.25, -0.2) is 0 Å². The van der Waals surface area contributed by atoms with E-state index in [0.717, 1.165) is 18.7 Å². The second-order valence-corrected chi connectivity index (χ2v) is 5.52. The molecule has 0 saturated carbocycles. The van der Waals surface area contributed by atoms with Gasteiger partial charge >= 0.3 is 5.97 Å². The number of thioether (sulfide) groups is 1. The maximum atomic E-state index is 11.0. The predicted molar refractivity (Wildman–Crippen MR) is 75.2 cm³/mol. The Kier molecular flexibility index (Phi) is 4.93. The Morgan fingerprint density at radius 3 is 3.22 bits per heavy atom. The highest BCUT2D eigenvalue weighted by Gasteiger charge is 2.09. The summed E-state index contributed by atoms with van der Waals surface area (Å²) in [7, 11) is 1.43. The second-order valence-electron chi connectivity index (χ2n) is 4.38. The highest BCUT2D eigenvalue weighted by atomic mass is 32.2. The van der Waals surface area contributed by atoms with Crippen LogP contribution in [0.3, 0.4) is 0 Å². The minimum absolute atomic E-state index is 0.140. The van der Waals surface area contributed by atoms with E-state index in [1.807, 2.05) is 11.8 Å². The first-order valence-corrected chi connectivity index (χ1v) is 7.34. The van der Waals surface area contributed by atoms with Gasteiger partial charge in [0.1, 0.15) is 0 Å². The SMILES string of the molecule is COC(=O)CCCNc1ccc2c(c1)CCCS2. The van der Waals surface area contributed by atoms with Crippen LogP contribution < -0.4 is 5.32 Å². The molecule has 1 aromatic rings. The van der Waals surface area contributed by atoms with E-state index < -0.39 is 0 Å². The van der Waals surface area contributed by atoms with Crippen molar-refractivity contribution in [3.63, 3.8) is 0 Å². The second kappa shape index (κ2) is 6.69. The summed E-state index contributed by atoms with van der Waals surface area (Å²) in [6.45, 7) is 0.807. The molecular formula is C14H19NO2S. The van der Waals surface area contributed by atoms with Crippen LogP contribution in [-0.4, -0.2) is 25.4 Å². The van der Waals surface area contributed by atoms with Crippen LogP contribution in [0.25, 0.3) is 0 Å². The van der Waals surface area contributed by atoms with Crippen molar-refractivity contribution in [2.45, 2.75) is 30.6 Å². The van der Waals surface area contributed by atoms with E-state index >= 15 is 0 Å². The van der Waals surface area contributed by atoms with E-state index in [2.05, 4.69) is 28.3 Å². The van der Waals surface area contributed by atoms with Gasteiger partial charge in [-0.15, -0.1) is 11.8 Å². The molecule has 4 heteroatoms. The molecule has 0 amide bonds. The van der Waals surface area contributed by atoms with Gasteiger partial charge in [-0.1, -0.05) is 0 Å². The summed E-state index contributed by atoms with van der Waals surface area (Å²) >= 11 is 1.94. The first-order valence-electron chi connectivity index (χ1n) is 6.36. The van der Waals surface area contributed by atoms with E-state index in [-0.39, 0.29) is 5.97 Å². The van der Waals surface area contributed by atoms with Gasteiger partial charge in [-0.3, -0.25) is 4.79 Å². The molecule has 0 unspecified atom stereocenters. The van der Waals surface area contributed by atoms with Crippen LogP contribution in [0.15, 0.2) is 23.1 Å². The largest absolute Gasteiger partial charge is 0.469 e. The molecule has 0 fully saturated rings. The third-order valence-corrected chi connectivity index (χ3v) is 4.23. The summed E-state index contributed by atoms with van der Waals surface area (Å²) < 4.78 is 4.61. The molecule has 1 N–H and O–H groups in total. The van der Waals surface area contributed by atoms with Gasteiger partial charge in [0.2, 0.25) is 0 Å². The molecule has 1 aliphatic heterocycles. The first-order chi connectivity index (χ1) is 8.79. The molecule has 1 heterocycles. The third-order valence-electron chi connectivity index (χ3n) is 3.02. The summed E-state index contributed by atoms with van der Waals surface area (Å²) in [4.78, 5) is 12.4. The van der Waals surface area contributed by atoms with Crippen LogP contribution in [0.1, 0.15) is 24.8 Å². The number of ether oxygens (including phenoxy) is 1. The maximum Gasteiger partial charge on any atom is 0.305 e. The Morgan fingerprint density at radius 1 is 1.50 bits per heavy atom. The number of esters is 1. The maximum absolute atomic E-state index is 11.0. The number of rotatable bonds is 5. The predicted octanol–water partition coefficient (Wildman–Crippen LogP) is 3.09. The smallest absolute Gasteiger partial charge is 0.305 e. The minimum atomic E-state index is -0.140. The van der Waals surface area contributed by atoms with Gasteiger partial charge in [-0.05, 0) is 48.8 Å². The lowest BCUT2D eigenvalue weighted by molar-refractivity contribution is -0.140. The first kappa shape index (κ1) is 13.3. The number of benzene rings is 1. The van der Waals surface area contributed by atoms with Gasteiger partial charge in [0, 0.05) is 23.5 Å². The third kappa shape index (κ3) is 3.67. The lowest BCUT2D eigenvalue weighted by Gasteiger charge is -2.16. The molecule has 0 saturated heterocycles. The molecule has 0 aromatic heterocycles. The zero-order valence-corrected chi connectivity index (χ0v) is 11.5. The molecule has 0 aliphatic carbocycles. The Balaban J connectivity index is 1.81. The number of carbonyl (C=O) groups is 1. The molecule has 0 atom stereocenters. The highest BCUT2D eigenvalue weighted by molar-refractivity contribution is 7.99. The molecule has 2 rings (SSSR count). The number of hydrogen-bond acceptors (Lipinski definition) is 4. The van der Waals surface area contributed by atoms with E-state index in [9.17, 15) is 4.79 Å². The van der Waals surface area contributed by atoms with Crippen LogP contribution in [0.5, 0.6) is 0 Å². The van der Waals surface area contributed by atoms with Gasteiger partial charge in [0.25, 0.3) is 0 Å². The van der Waals surface area contributed by atoms with Crippen LogP contribution in [0, 0.1) is 0 Å². The lowest BCUT2D eigenvalue weighted by Crippen LogP contribution is -2.07. The number of carbonyl (C=O) groups excluding carboxylic acids is 1. The summed E-state index contributed by atoms with van der Waals surface area (Å²) in [5, 5.41) is 3.36. The summed E-state index contributed by atoms with van der Waals surface area (Å²) in [6.07, 6.45) is 3.73. The standard InChI is InChI=1S/C14H19NO2S/c1-17-14(16)5-2-8-15-12-6-7-13-11(10-12)4-3-9-18-13/h6-7,10,15H,2-5,8-9H2,1H3. The highest BCUT2D eigenvalue weighted by Crippen LogP contribution is 2.31. The van der Waals surface area contributed by atoms with Crippen LogP contribution >= 0.6 is 11.8 Å². The zero-order chi connectivity index (χ0) is 12.8. The van der Waals surface area contributed by atoms with Crippen molar-refractivity contribution in [3.8, 4) is 0 Å². The fraction of sp³-hybridized carbons (Fsp3) is 0.500. The van der Waals surface area contributed by atoms with Crippen molar-refractivity contribution in [1.82, 2.24) is 0 Å². The molecule has 98 valence electrons. The molecule has 0 radical (unpaired) electrons. The molecular weight excluding hydrogens is 246 g/mol. The molecule has 3 nitrogen and oxygen atoms in total. The van der Waals surface area contributed by atoms with Crippen LogP contribution in [-0.2, 0) is 16.0 Å². The molecule has 0 spiro atoms. The van der Waals surface area contributed by atoms with Crippen molar-refractivity contribution in [3.05, 3.63) is 23.8 Å². The Morgan fingerprint density at radius 2 is 2.39 bits per heavy atom. The fourth-order valence-electron chi connectivity index (χ4n) is 2.04. The number of hydrogen-bond donors (Lipinski definition) is 1. The average molecular weight is 265 g/mol. The molecule has 18 heavy (non-hydrogen) atoms. The van der Waals surface area contributed by atoms with Crippen molar-refractivity contribution >= 4 is 23.4 Å². The number of nitrogens with one attached hydrogen (secondary N) is 1. The van der Waals surface area contributed by atoms with Crippen molar-refractivity contribution < 1.29 is 9.53 Å². The summed E-state index contributed by atoms with van der Waals surface area (Å²) in [5.41, 5.74) is 2.60. The van der Waals surface area contributed by atoms with Crippen molar-refractivity contribution in [2.24, 2.45) is 0 Å². The topological polar surface area (TPSA) is 38.3 Å². The quantitative estimate of drug-likeness (QED) is 0.656. The van der Waals surface area contributed by atoms with Gasteiger partial charge < -0.3 is 10.1 Å². The van der Waals surface area contributed by atoms with Crippen LogP contribution in [0.2, 0.25) is 0 Å². The summed E-state index contributed by atoms with van der Waals surface area (Å²) in [5.74, 6) is 1.09. The molecule has 0 bridgehead atoms.